The monoisotopic (exact) mass is 519 g/mol. The molecule has 0 amide bonds. The molecule has 4 aromatic rings. The van der Waals surface area contributed by atoms with E-state index >= 15 is 0 Å². The van der Waals surface area contributed by atoms with Crippen LogP contribution in [0.25, 0.3) is 22.6 Å². The number of anilines is 1. The number of carbonyl (C=O) groups is 1. The van der Waals surface area contributed by atoms with Gasteiger partial charge in [0.15, 0.2) is 6.29 Å². The topological polar surface area (TPSA) is 79.9 Å². The number of carbonyl (C=O) groups excluding carboxylic acids is 1. The number of aryl methyl sites for hydroxylation is 1. The third-order valence-corrected chi connectivity index (χ3v) is 7.21. The normalized spacial score (nSPS) is 15.9. The van der Waals surface area contributed by atoms with Gasteiger partial charge in [-0.05, 0) is 51.6 Å². The van der Waals surface area contributed by atoms with Gasteiger partial charge in [0, 0.05) is 56.2 Å². The van der Waals surface area contributed by atoms with Crippen molar-refractivity contribution in [1.29, 1.82) is 0 Å². The van der Waals surface area contributed by atoms with Crippen molar-refractivity contribution >= 4 is 17.6 Å². The van der Waals surface area contributed by atoms with Crippen LogP contribution in [0.15, 0.2) is 43.0 Å². The van der Waals surface area contributed by atoms with Gasteiger partial charge >= 0.3 is 0 Å². The molecule has 200 valence electrons. The molecule has 2 fully saturated rings. The van der Waals surface area contributed by atoms with E-state index in [0.717, 1.165) is 60.6 Å². The van der Waals surface area contributed by atoms with E-state index in [-0.39, 0.29) is 5.56 Å². The second-order valence-electron chi connectivity index (χ2n) is 9.90. The van der Waals surface area contributed by atoms with E-state index in [1.807, 2.05) is 23.7 Å². The summed E-state index contributed by atoms with van der Waals surface area (Å²) in [5.74, 6) is 0.258. The fourth-order valence-electron chi connectivity index (χ4n) is 4.63. The highest BCUT2D eigenvalue weighted by molar-refractivity contribution is 5.77. The number of likely N-dealkylation sites (N-methyl/N-ethyl adjacent to an activating group) is 1. The summed E-state index contributed by atoms with van der Waals surface area (Å²) < 4.78 is 23.3. The smallest absolute Gasteiger partial charge is 0.153 e. The second-order valence-corrected chi connectivity index (χ2v) is 9.90. The zero-order valence-corrected chi connectivity index (χ0v) is 22.3. The minimum Gasteiger partial charge on any atom is -0.494 e. The number of benzene rings is 1. The zero-order valence-electron chi connectivity index (χ0n) is 22.3. The van der Waals surface area contributed by atoms with Gasteiger partial charge in [0.1, 0.15) is 17.2 Å². The molecule has 6 rings (SSSR count). The summed E-state index contributed by atoms with van der Waals surface area (Å²) in [7, 11) is 5.82. The number of aromatic nitrogens is 4. The van der Waals surface area contributed by atoms with Crippen LogP contribution in [0.5, 0.6) is 5.75 Å². The first-order chi connectivity index (χ1) is 18.4. The molecule has 0 radical (unpaired) electrons. The molecule has 1 aliphatic carbocycles. The highest BCUT2D eigenvalue weighted by Crippen LogP contribution is 2.33. The molecule has 1 saturated heterocycles. The van der Waals surface area contributed by atoms with Crippen molar-refractivity contribution in [2.75, 3.05) is 52.3 Å². The molecule has 1 N–H and O–H groups in total. The molecule has 0 atom stereocenters. The molecular formula is C28H34FN7O2. The Morgan fingerprint density at radius 3 is 2.47 bits per heavy atom. The van der Waals surface area contributed by atoms with Crippen molar-refractivity contribution in [2.45, 2.75) is 25.8 Å². The number of halogens is 1. The number of hydrogen-bond acceptors (Lipinski definition) is 7. The van der Waals surface area contributed by atoms with Crippen molar-refractivity contribution in [3.05, 3.63) is 59.9 Å². The van der Waals surface area contributed by atoms with Crippen LogP contribution in [0.2, 0.25) is 0 Å². The molecule has 0 spiro atoms. The van der Waals surface area contributed by atoms with E-state index in [1.54, 1.807) is 31.1 Å². The lowest BCUT2D eigenvalue weighted by Gasteiger charge is -2.34. The number of pyridine rings is 1. The maximum absolute atomic E-state index is 13.9. The predicted molar refractivity (Wildman–Crippen MR) is 146 cm³/mol. The van der Waals surface area contributed by atoms with Gasteiger partial charge in [-0.1, -0.05) is 0 Å². The second kappa shape index (κ2) is 10.9. The Morgan fingerprint density at radius 2 is 1.84 bits per heavy atom. The molecule has 10 heteroatoms. The van der Waals surface area contributed by atoms with Gasteiger partial charge in [0.05, 0.1) is 42.1 Å². The van der Waals surface area contributed by atoms with E-state index in [1.165, 1.54) is 25.0 Å². The zero-order chi connectivity index (χ0) is 26.8. The molecule has 0 unspecified atom stereocenters. The quantitative estimate of drug-likeness (QED) is 0.390. The number of hydrogen-bond donors (Lipinski definition) is 1. The number of imidazole rings is 1. The van der Waals surface area contributed by atoms with Gasteiger partial charge in [-0.15, -0.1) is 0 Å². The van der Waals surface area contributed by atoms with Crippen LogP contribution in [-0.2, 0) is 0 Å². The summed E-state index contributed by atoms with van der Waals surface area (Å²) in [6.45, 7) is 5.61. The molecule has 38 heavy (non-hydrogen) atoms. The van der Waals surface area contributed by atoms with E-state index in [4.69, 9.17) is 4.74 Å². The Balaban J connectivity index is 0.000000529. The SMILES string of the molecule is CNC1CC1.COc1cc2ncc(-c3cnn(-c4cc(C=O)c(F)cc4C)c3)n2cc1N1CCN(C)CC1. The minimum absolute atomic E-state index is 0.00589. The van der Waals surface area contributed by atoms with E-state index in [2.05, 4.69) is 38.4 Å². The summed E-state index contributed by atoms with van der Waals surface area (Å²) in [6, 6.07) is 5.69. The number of ether oxygens (including phenoxy) is 1. The molecule has 9 nitrogen and oxygen atoms in total. The van der Waals surface area contributed by atoms with Crippen LogP contribution in [0.1, 0.15) is 28.8 Å². The van der Waals surface area contributed by atoms with Gasteiger partial charge < -0.3 is 19.9 Å². The average molecular weight is 520 g/mol. The first-order valence-corrected chi connectivity index (χ1v) is 12.9. The van der Waals surface area contributed by atoms with Gasteiger partial charge in [-0.3, -0.25) is 9.20 Å². The maximum atomic E-state index is 13.9. The summed E-state index contributed by atoms with van der Waals surface area (Å²) in [6.07, 6.45) is 10.8. The Morgan fingerprint density at radius 1 is 1.08 bits per heavy atom. The summed E-state index contributed by atoms with van der Waals surface area (Å²) in [4.78, 5) is 20.4. The third-order valence-electron chi connectivity index (χ3n) is 7.21. The van der Waals surface area contributed by atoms with Gasteiger partial charge in [0.2, 0.25) is 0 Å². The Hall–Kier alpha value is -3.76. The van der Waals surface area contributed by atoms with Crippen LogP contribution in [0.3, 0.4) is 0 Å². The fourth-order valence-corrected chi connectivity index (χ4v) is 4.63. The number of methoxy groups -OCH3 is 1. The third kappa shape index (κ3) is 5.27. The molecule has 2 aliphatic rings. The Bertz CT molecular complexity index is 1430. The molecule has 1 aromatic carbocycles. The molecular weight excluding hydrogens is 485 g/mol. The number of piperazine rings is 1. The van der Waals surface area contributed by atoms with Crippen molar-refractivity contribution in [3.63, 3.8) is 0 Å². The standard InChI is InChI=1S/C24H25FN6O2.C4H9N/c1-16-8-19(25)17(15-32)9-20(16)31-13-18(11-27-31)21-12-26-24-10-23(33-3)22(14-30(21)24)29-6-4-28(2)5-7-29;1-5-4-2-3-4/h8-15H,4-7H2,1-3H3;4-5H,2-3H2,1H3. The van der Waals surface area contributed by atoms with Crippen LogP contribution < -0.4 is 15.0 Å². The summed E-state index contributed by atoms with van der Waals surface area (Å²) in [5.41, 5.74) is 4.87. The largest absolute Gasteiger partial charge is 0.494 e. The van der Waals surface area contributed by atoms with E-state index in [0.29, 0.717) is 17.5 Å². The number of nitrogens with zero attached hydrogens (tertiary/aromatic N) is 6. The highest BCUT2D eigenvalue weighted by atomic mass is 19.1. The molecule has 0 bridgehead atoms. The Labute approximate surface area is 221 Å². The van der Waals surface area contributed by atoms with Gasteiger partial charge in [0.25, 0.3) is 0 Å². The van der Waals surface area contributed by atoms with Gasteiger partial charge in [-0.2, -0.15) is 5.10 Å². The van der Waals surface area contributed by atoms with Gasteiger partial charge in [-0.25, -0.2) is 14.1 Å². The van der Waals surface area contributed by atoms with E-state index < -0.39 is 5.82 Å². The van der Waals surface area contributed by atoms with Crippen LogP contribution in [0.4, 0.5) is 10.1 Å². The highest BCUT2D eigenvalue weighted by Gasteiger charge is 2.21. The lowest BCUT2D eigenvalue weighted by molar-refractivity contribution is 0.111. The molecule has 1 aliphatic heterocycles. The van der Waals surface area contributed by atoms with Crippen molar-refractivity contribution < 1.29 is 13.9 Å². The first kappa shape index (κ1) is 25.9. The summed E-state index contributed by atoms with van der Waals surface area (Å²) in [5, 5.41) is 7.60. The van der Waals surface area contributed by atoms with Crippen LogP contribution in [0, 0.1) is 12.7 Å². The number of rotatable bonds is 6. The maximum Gasteiger partial charge on any atom is 0.153 e. The lowest BCUT2D eigenvalue weighted by Crippen LogP contribution is -2.44. The average Bonchev–Trinajstić information content (AvgIpc) is 3.50. The number of aldehydes is 1. The lowest BCUT2D eigenvalue weighted by atomic mass is 10.1. The molecule has 1 saturated carbocycles. The molecule has 3 aromatic heterocycles. The number of fused-ring (bicyclic) bond motifs is 1. The minimum atomic E-state index is -0.536. The first-order valence-electron chi connectivity index (χ1n) is 12.9. The van der Waals surface area contributed by atoms with Crippen molar-refractivity contribution in [1.82, 2.24) is 29.4 Å². The van der Waals surface area contributed by atoms with Crippen molar-refractivity contribution in [2.24, 2.45) is 0 Å². The van der Waals surface area contributed by atoms with E-state index in [9.17, 15) is 9.18 Å². The van der Waals surface area contributed by atoms with Crippen LogP contribution in [-0.4, -0.2) is 83.8 Å². The molecule has 4 heterocycles. The summed E-state index contributed by atoms with van der Waals surface area (Å²) >= 11 is 0. The Kier molecular flexibility index (Phi) is 7.44. The predicted octanol–water partition coefficient (Wildman–Crippen LogP) is 3.58. The van der Waals surface area contributed by atoms with Crippen LogP contribution >= 0.6 is 0 Å². The number of nitrogens with one attached hydrogen (secondary N) is 1. The fraction of sp³-hybridized carbons (Fsp3) is 0.393. The van der Waals surface area contributed by atoms with Crippen molar-refractivity contribution in [3.8, 4) is 22.7 Å².